The minimum atomic E-state index is -4.95. The van der Waals surface area contributed by atoms with Gasteiger partial charge in [-0.1, -0.05) is 16.8 Å². The molecule has 0 spiro atoms. The van der Waals surface area contributed by atoms with Crippen LogP contribution in [0.15, 0.2) is 22.9 Å². The summed E-state index contributed by atoms with van der Waals surface area (Å²) < 4.78 is 41.6. The molecule has 1 unspecified atom stereocenters. The highest BCUT2D eigenvalue weighted by Crippen LogP contribution is 2.27. The van der Waals surface area contributed by atoms with E-state index in [0.717, 1.165) is 6.92 Å². The molecule has 1 atom stereocenters. The zero-order valence-corrected chi connectivity index (χ0v) is 10.7. The van der Waals surface area contributed by atoms with Gasteiger partial charge in [0.2, 0.25) is 17.5 Å². The quantitative estimate of drug-likeness (QED) is 0.872. The molecular formula is C11H7ClF3N3O2. The van der Waals surface area contributed by atoms with E-state index in [4.69, 9.17) is 11.6 Å². The maximum Gasteiger partial charge on any atom is 0.450 e. The Morgan fingerprint density at radius 2 is 2.10 bits per heavy atom. The van der Waals surface area contributed by atoms with Crippen LogP contribution in [0.2, 0.25) is 5.02 Å². The third kappa shape index (κ3) is 2.96. The summed E-state index contributed by atoms with van der Waals surface area (Å²) in [6.45, 7) is 1.04. The number of carbonyl (C=O) groups excluding carboxylic acids is 1. The number of nitrogens with zero attached hydrogens (tertiary/aromatic N) is 3. The second-order valence-corrected chi connectivity index (χ2v) is 4.34. The Morgan fingerprint density at radius 3 is 2.65 bits per heavy atom. The van der Waals surface area contributed by atoms with Crippen molar-refractivity contribution >= 4 is 17.4 Å². The summed E-state index contributed by atoms with van der Waals surface area (Å²) in [4.78, 5) is 18.7. The number of pyridine rings is 1. The first kappa shape index (κ1) is 14.4. The molecule has 0 bridgehead atoms. The van der Waals surface area contributed by atoms with Crippen molar-refractivity contribution in [1.82, 2.24) is 15.1 Å². The van der Waals surface area contributed by atoms with E-state index in [1.807, 2.05) is 0 Å². The second-order valence-electron chi connectivity index (χ2n) is 3.90. The zero-order chi connectivity index (χ0) is 14.9. The topological polar surface area (TPSA) is 68.9 Å². The van der Waals surface area contributed by atoms with Crippen molar-refractivity contribution in [2.75, 3.05) is 0 Å². The van der Waals surface area contributed by atoms with Gasteiger partial charge in [-0.2, -0.15) is 18.2 Å². The molecule has 0 saturated heterocycles. The molecule has 20 heavy (non-hydrogen) atoms. The highest BCUT2D eigenvalue weighted by molar-refractivity contribution is 6.30. The van der Waals surface area contributed by atoms with E-state index in [9.17, 15) is 18.0 Å². The fraction of sp³-hybridized carbons (Fsp3) is 0.273. The van der Waals surface area contributed by atoms with Crippen LogP contribution in [-0.4, -0.2) is 27.1 Å². The Hall–Kier alpha value is -1.96. The average molecular weight is 306 g/mol. The predicted molar refractivity (Wildman–Crippen MR) is 62.0 cm³/mol. The summed E-state index contributed by atoms with van der Waals surface area (Å²) in [6, 6.07) is 3.00. The van der Waals surface area contributed by atoms with Gasteiger partial charge in [0.15, 0.2) is 0 Å². The fourth-order valence-corrected chi connectivity index (χ4v) is 1.49. The van der Waals surface area contributed by atoms with Crippen molar-refractivity contribution in [2.24, 2.45) is 0 Å². The highest BCUT2D eigenvalue weighted by atomic mass is 35.5. The Balaban J connectivity index is 2.25. The molecule has 9 heteroatoms. The van der Waals surface area contributed by atoms with Gasteiger partial charge in [0.1, 0.15) is 11.6 Å². The Labute approximate surface area is 115 Å². The van der Waals surface area contributed by atoms with Crippen LogP contribution in [-0.2, 0) is 4.79 Å². The van der Waals surface area contributed by atoms with Gasteiger partial charge in [-0.05, 0) is 19.1 Å². The fourth-order valence-electron chi connectivity index (χ4n) is 1.38. The van der Waals surface area contributed by atoms with Crippen molar-refractivity contribution in [3.05, 3.63) is 29.2 Å². The highest BCUT2D eigenvalue weighted by Gasteiger charge is 2.44. The maximum atomic E-state index is 12.3. The summed E-state index contributed by atoms with van der Waals surface area (Å²) in [5.74, 6) is -3.95. The number of rotatable bonds is 3. The molecule has 0 aliphatic heterocycles. The third-order valence-electron chi connectivity index (χ3n) is 2.44. The molecule has 0 amide bonds. The standard InChI is InChI=1S/C11H7ClF3N3O2/c1-5(8(19)11(13,14)15)10-17-9(18-20-10)7-3-2-6(12)4-16-7/h2-5H,1H3. The summed E-state index contributed by atoms with van der Waals surface area (Å²) in [7, 11) is 0. The molecule has 0 aliphatic rings. The van der Waals surface area contributed by atoms with E-state index in [2.05, 4.69) is 19.6 Å². The molecule has 2 aromatic heterocycles. The number of carbonyl (C=O) groups is 1. The van der Waals surface area contributed by atoms with E-state index >= 15 is 0 Å². The number of halogens is 4. The lowest BCUT2D eigenvalue weighted by atomic mass is 10.1. The second kappa shape index (κ2) is 5.20. The lowest BCUT2D eigenvalue weighted by Crippen LogP contribution is -2.27. The smallest absolute Gasteiger partial charge is 0.338 e. The number of hydrogen-bond donors (Lipinski definition) is 0. The van der Waals surface area contributed by atoms with Crippen LogP contribution in [0.4, 0.5) is 13.2 Å². The van der Waals surface area contributed by atoms with E-state index in [1.54, 1.807) is 0 Å². The van der Waals surface area contributed by atoms with Crippen LogP contribution in [0.25, 0.3) is 11.5 Å². The van der Waals surface area contributed by atoms with E-state index in [1.165, 1.54) is 18.3 Å². The third-order valence-corrected chi connectivity index (χ3v) is 2.66. The first-order chi connectivity index (χ1) is 9.29. The average Bonchev–Trinajstić information content (AvgIpc) is 2.86. The molecule has 0 aromatic carbocycles. The van der Waals surface area contributed by atoms with Gasteiger partial charge < -0.3 is 4.52 Å². The largest absolute Gasteiger partial charge is 0.450 e. The Morgan fingerprint density at radius 1 is 1.40 bits per heavy atom. The van der Waals surface area contributed by atoms with Crippen molar-refractivity contribution in [3.8, 4) is 11.5 Å². The molecule has 2 rings (SSSR count). The number of hydrogen-bond acceptors (Lipinski definition) is 5. The molecule has 0 saturated carbocycles. The maximum absolute atomic E-state index is 12.3. The molecule has 5 nitrogen and oxygen atoms in total. The molecule has 0 N–H and O–H groups in total. The minimum absolute atomic E-state index is 0.0153. The normalized spacial score (nSPS) is 13.2. The van der Waals surface area contributed by atoms with Crippen molar-refractivity contribution in [3.63, 3.8) is 0 Å². The first-order valence-electron chi connectivity index (χ1n) is 5.35. The lowest BCUT2D eigenvalue weighted by molar-refractivity contribution is -0.172. The Kier molecular flexibility index (Phi) is 3.76. The SMILES string of the molecule is CC(C(=O)C(F)(F)F)c1nc(-c2ccc(Cl)cn2)no1. The van der Waals surface area contributed by atoms with Crippen molar-refractivity contribution < 1.29 is 22.5 Å². The number of aromatic nitrogens is 3. The van der Waals surface area contributed by atoms with Gasteiger partial charge in [-0.25, -0.2) is 0 Å². The first-order valence-corrected chi connectivity index (χ1v) is 5.73. The van der Waals surface area contributed by atoms with Gasteiger partial charge in [0.25, 0.3) is 0 Å². The van der Waals surface area contributed by atoms with Gasteiger partial charge in [0, 0.05) is 6.20 Å². The number of ketones is 1. The van der Waals surface area contributed by atoms with Crippen LogP contribution < -0.4 is 0 Å². The monoisotopic (exact) mass is 305 g/mol. The molecular weight excluding hydrogens is 299 g/mol. The number of Topliss-reactive ketones (excluding diaryl/α,β-unsaturated/α-hetero) is 1. The lowest BCUT2D eigenvalue weighted by Gasteiger charge is -2.08. The van der Waals surface area contributed by atoms with Crippen molar-refractivity contribution in [2.45, 2.75) is 19.0 Å². The van der Waals surface area contributed by atoms with Crippen molar-refractivity contribution in [1.29, 1.82) is 0 Å². The molecule has 0 fully saturated rings. The molecule has 0 radical (unpaired) electrons. The van der Waals surface area contributed by atoms with Crippen LogP contribution in [0.5, 0.6) is 0 Å². The molecule has 0 aliphatic carbocycles. The summed E-state index contributed by atoms with van der Waals surface area (Å²) >= 11 is 5.65. The summed E-state index contributed by atoms with van der Waals surface area (Å²) in [5, 5.41) is 3.88. The van der Waals surface area contributed by atoms with Gasteiger partial charge in [-0.15, -0.1) is 0 Å². The van der Waals surface area contributed by atoms with E-state index in [-0.39, 0.29) is 11.5 Å². The van der Waals surface area contributed by atoms with Crippen LogP contribution >= 0.6 is 11.6 Å². The van der Waals surface area contributed by atoms with E-state index < -0.39 is 23.8 Å². The minimum Gasteiger partial charge on any atom is -0.338 e. The molecule has 2 heterocycles. The predicted octanol–water partition coefficient (Wildman–Crippen LogP) is 3.02. The zero-order valence-electron chi connectivity index (χ0n) is 9.98. The van der Waals surface area contributed by atoms with Gasteiger partial charge in [0.05, 0.1) is 5.02 Å². The van der Waals surface area contributed by atoms with Crippen LogP contribution in [0.3, 0.4) is 0 Å². The Bertz CT molecular complexity index is 625. The molecule has 106 valence electrons. The molecule has 2 aromatic rings. The van der Waals surface area contributed by atoms with Crippen LogP contribution in [0.1, 0.15) is 18.7 Å². The number of alkyl halides is 3. The summed E-state index contributed by atoms with van der Waals surface area (Å²) in [5.41, 5.74) is 0.274. The van der Waals surface area contributed by atoms with E-state index in [0.29, 0.717) is 5.02 Å². The van der Waals surface area contributed by atoms with Gasteiger partial charge in [-0.3, -0.25) is 9.78 Å². The van der Waals surface area contributed by atoms with Crippen LogP contribution in [0, 0.1) is 0 Å². The van der Waals surface area contributed by atoms with Gasteiger partial charge >= 0.3 is 6.18 Å². The summed E-state index contributed by atoms with van der Waals surface area (Å²) in [6.07, 6.45) is -3.62.